The van der Waals surface area contributed by atoms with Crippen LogP contribution in [-0.4, -0.2) is 15.0 Å². The van der Waals surface area contributed by atoms with E-state index in [1.54, 1.807) is 6.07 Å². The summed E-state index contributed by atoms with van der Waals surface area (Å²) in [6, 6.07) is 6.28. The molecule has 0 aliphatic heterocycles. The molecule has 0 spiro atoms. The predicted molar refractivity (Wildman–Crippen MR) is 85.7 cm³/mol. The molecule has 0 aliphatic carbocycles. The first-order chi connectivity index (χ1) is 11.4. The van der Waals surface area contributed by atoms with Crippen LogP contribution in [0.4, 0.5) is 13.2 Å². The molecule has 0 bridgehead atoms. The SMILES string of the molecule is FC(F)(F)c1ccc(-c2ncc(Cl)nc2-c2ccncc2Cl)cc1. The van der Waals surface area contributed by atoms with E-state index < -0.39 is 11.7 Å². The van der Waals surface area contributed by atoms with Crippen molar-refractivity contribution in [3.63, 3.8) is 0 Å². The monoisotopic (exact) mass is 369 g/mol. The van der Waals surface area contributed by atoms with E-state index in [2.05, 4.69) is 15.0 Å². The smallest absolute Gasteiger partial charge is 0.263 e. The summed E-state index contributed by atoms with van der Waals surface area (Å²) in [7, 11) is 0. The van der Waals surface area contributed by atoms with Crippen LogP contribution < -0.4 is 0 Å². The second-order valence-electron chi connectivity index (χ2n) is 4.82. The van der Waals surface area contributed by atoms with Crippen LogP contribution in [0.25, 0.3) is 22.5 Å². The molecule has 24 heavy (non-hydrogen) atoms. The van der Waals surface area contributed by atoms with E-state index in [4.69, 9.17) is 23.2 Å². The molecule has 0 N–H and O–H groups in total. The van der Waals surface area contributed by atoms with Crippen molar-refractivity contribution in [1.82, 2.24) is 15.0 Å². The Morgan fingerprint density at radius 3 is 2.21 bits per heavy atom. The van der Waals surface area contributed by atoms with Gasteiger partial charge in [-0.25, -0.2) is 4.98 Å². The Morgan fingerprint density at radius 1 is 0.875 bits per heavy atom. The van der Waals surface area contributed by atoms with E-state index in [0.29, 0.717) is 27.5 Å². The van der Waals surface area contributed by atoms with Crippen LogP contribution in [0.2, 0.25) is 10.2 Å². The van der Waals surface area contributed by atoms with Crippen molar-refractivity contribution in [3.05, 3.63) is 64.7 Å². The van der Waals surface area contributed by atoms with Crippen LogP contribution in [0, 0.1) is 0 Å². The number of rotatable bonds is 2. The van der Waals surface area contributed by atoms with Gasteiger partial charge in [-0.05, 0) is 18.2 Å². The van der Waals surface area contributed by atoms with Crippen LogP contribution in [-0.2, 0) is 6.18 Å². The number of benzene rings is 1. The average molecular weight is 370 g/mol. The van der Waals surface area contributed by atoms with Gasteiger partial charge in [0.05, 0.1) is 28.2 Å². The largest absolute Gasteiger partial charge is 0.416 e. The van der Waals surface area contributed by atoms with Gasteiger partial charge in [0.1, 0.15) is 5.15 Å². The molecular weight excluding hydrogens is 362 g/mol. The minimum Gasteiger partial charge on any atom is -0.263 e. The van der Waals surface area contributed by atoms with Crippen LogP contribution in [0.3, 0.4) is 0 Å². The van der Waals surface area contributed by atoms with Gasteiger partial charge in [0.15, 0.2) is 0 Å². The molecule has 0 amide bonds. The second kappa shape index (κ2) is 6.37. The molecule has 0 saturated carbocycles. The highest BCUT2D eigenvalue weighted by Gasteiger charge is 2.30. The number of hydrogen-bond acceptors (Lipinski definition) is 3. The molecular formula is C16H8Cl2F3N3. The molecule has 0 aliphatic rings. The Balaban J connectivity index is 2.14. The molecule has 3 rings (SSSR count). The van der Waals surface area contributed by atoms with Crippen molar-refractivity contribution >= 4 is 23.2 Å². The number of pyridine rings is 1. The third-order valence-electron chi connectivity index (χ3n) is 3.26. The maximum atomic E-state index is 12.7. The second-order valence-corrected chi connectivity index (χ2v) is 5.62. The molecule has 3 aromatic rings. The maximum absolute atomic E-state index is 12.7. The zero-order chi connectivity index (χ0) is 17.3. The summed E-state index contributed by atoms with van der Waals surface area (Å²) < 4.78 is 38.1. The number of aromatic nitrogens is 3. The summed E-state index contributed by atoms with van der Waals surface area (Å²) in [5.41, 5.74) is 1.01. The molecule has 0 fully saturated rings. The normalized spacial score (nSPS) is 11.5. The van der Waals surface area contributed by atoms with Gasteiger partial charge in [-0.15, -0.1) is 0 Å². The summed E-state index contributed by atoms with van der Waals surface area (Å²) in [5, 5.41) is 0.482. The molecule has 0 atom stereocenters. The lowest BCUT2D eigenvalue weighted by molar-refractivity contribution is -0.137. The fourth-order valence-corrected chi connectivity index (χ4v) is 2.49. The molecule has 2 heterocycles. The minimum atomic E-state index is -4.40. The fraction of sp³-hybridized carbons (Fsp3) is 0.0625. The highest BCUT2D eigenvalue weighted by molar-refractivity contribution is 6.33. The summed E-state index contributed by atoms with van der Waals surface area (Å²) >= 11 is 12.0. The number of halogens is 5. The van der Waals surface area contributed by atoms with E-state index in [1.807, 2.05) is 0 Å². The topological polar surface area (TPSA) is 38.7 Å². The van der Waals surface area contributed by atoms with Crippen LogP contribution in [0.5, 0.6) is 0 Å². The molecule has 122 valence electrons. The van der Waals surface area contributed by atoms with Crippen molar-refractivity contribution in [2.45, 2.75) is 6.18 Å². The zero-order valence-corrected chi connectivity index (χ0v) is 13.4. The predicted octanol–water partition coefficient (Wildman–Crippen LogP) is 5.53. The van der Waals surface area contributed by atoms with Gasteiger partial charge >= 0.3 is 6.18 Å². The van der Waals surface area contributed by atoms with Crippen molar-refractivity contribution in [2.24, 2.45) is 0 Å². The van der Waals surface area contributed by atoms with E-state index in [0.717, 1.165) is 12.1 Å². The summed E-state index contributed by atoms with van der Waals surface area (Å²) in [5.74, 6) is 0. The average Bonchev–Trinajstić information content (AvgIpc) is 2.54. The first-order valence-electron chi connectivity index (χ1n) is 6.66. The Hall–Kier alpha value is -2.18. The molecule has 3 nitrogen and oxygen atoms in total. The summed E-state index contributed by atoms with van der Waals surface area (Å²) in [4.78, 5) is 12.3. The third-order valence-corrected chi connectivity index (χ3v) is 3.74. The van der Waals surface area contributed by atoms with Crippen LogP contribution >= 0.6 is 23.2 Å². The lowest BCUT2D eigenvalue weighted by Gasteiger charge is -2.11. The third kappa shape index (κ3) is 3.34. The van der Waals surface area contributed by atoms with Gasteiger partial charge in [-0.1, -0.05) is 35.3 Å². The zero-order valence-electron chi connectivity index (χ0n) is 11.9. The molecule has 8 heteroatoms. The van der Waals surface area contributed by atoms with Gasteiger partial charge in [0.2, 0.25) is 0 Å². The lowest BCUT2D eigenvalue weighted by atomic mass is 10.0. The van der Waals surface area contributed by atoms with Gasteiger partial charge in [-0.2, -0.15) is 13.2 Å². The van der Waals surface area contributed by atoms with Crippen molar-refractivity contribution < 1.29 is 13.2 Å². The Kier molecular flexibility index (Phi) is 4.43. The number of alkyl halides is 3. The van der Waals surface area contributed by atoms with Crippen LogP contribution in [0.1, 0.15) is 5.56 Å². The van der Waals surface area contributed by atoms with E-state index >= 15 is 0 Å². The quantitative estimate of drug-likeness (QED) is 0.595. The standard InChI is InChI=1S/C16H8Cl2F3N3/c17-12-7-22-6-5-11(12)15-14(23-8-13(18)24-15)9-1-3-10(4-2-9)16(19,20)21/h1-8H. The molecule has 0 saturated heterocycles. The lowest BCUT2D eigenvalue weighted by Crippen LogP contribution is -2.04. The fourth-order valence-electron chi connectivity index (χ4n) is 2.15. The van der Waals surface area contributed by atoms with Crippen LogP contribution in [0.15, 0.2) is 48.9 Å². The summed E-state index contributed by atoms with van der Waals surface area (Å²) in [6.45, 7) is 0. The maximum Gasteiger partial charge on any atom is 0.416 e. The summed E-state index contributed by atoms with van der Waals surface area (Å²) in [6.07, 6.45) is -0.106. The molecule has 1 aromatic carbocycles. The molecule has 2 aromatic heterocycles. The van der Waals surface area contributed by atoms with Crippen molar-refractivity contribution in [1.29, 1.82) is 0 Å². The highest BCUT2D eigenvalue weighted by atomic mass is 35.5. The van der Waals surface area contributed by atoms with Gasteiger partial charge in [0, 0.05) is 23.5 Å². The number of hydrogen-bond donors (Lipinski definition) is 0. The molecule has 0 unspecified atom stereocenters. The minimum absolute atomic E-state index is 0.147. The van der Waals surface area contributed by atoms with Crippen molar-refractivity contribution in [2.75, 3.05) is 0 Å². The Morgan fingerprint density at radius 2 is 1.58 bits per heavy atom. The van der Waals surface area contributed by atoms with E-state index in [1.165, 1.54) is 30.7 Å². The van der Waals surface area contributed by atoms with E-state index in [9.17, 15) is 13.2 Å². The Bertz CT molecular complexity index is 880. The number of nitrogens with zero attached hydrogens (tertiary/aromatic N) is 3. The molecule has 0 radical (unpaired) electrons. The first kappa shape index (κ1) is 16.7. The van der Waals surface area contributed by atoms with Gasteiger partial charge in [0.25, 0.3) is 0 Å². The highest BCUT2D eigenvalue weighted by Crippen LogP contribution is 2.35. The van der Waals surface area contributed by atoms with E-state index in [-0.39, 0.29) is 5.15 Å². The Labute approximate surface area is 145 Å². The van der Waals surface area contributed by atoms with Gasteiger partial charge in [-0.3, -0.25) is 9.97 Å². The van der Waals surface area contributed by atoms with Gasteiger partial charge < -0.3 is 0 Å². The first-order valence-corrected chi connectivity index (χ1v) is 7.42. The van der Waals surface area contributed by atoms with Crippen molar-refractivity contribution in [3.8, 4) is 22.5 Å².